The Labute approximate surface area is 92.4 Å². The van der Waals surface area contributed by atoms with Gasteiger partial charge >= 0.3 is 0 Å². The molecular weight excluding hydrogens is 200 g/mol. The van der Waals surface area contributed by atoms with Gasteiger partial charge in [0.2, 0.25) is 0 Å². The summed E-state index contributed by atoms with van der Waals surface area (Å²) in [6.45, 7) is 1.96. The van der Waals surface area contributed by atoms with Crippen LogP contribution in [-0.4, -0.2) is 43.3 Å². The average Bonchev–Trinajstić information content (AvgIpc) is 2.33. The van der Waals surface area contributed by atoms with Crippen LogP contribution < -0.4 is 5.73 Å². The van der Waals surface area contributed by atoms with Gasteiger partial charge in [0, 0.05) is 31.8 Å². The Morgan fingerprint density at radius 2 is 1.86 bits per heavy atom. The molecule has 2 rings (SSSR count). The van der Waals surface area contributed by atoms with Gasteiger partial charge in [0.15, 0.2) is 0 Å². The highest BCUT2D eigenvalue weighted by Gasteiger charge is 2.38. The molecule has 84 valence electrons. The van der Waals surface area contributed by atoms with Crippen LogP contribution in [0.2, 0.25) is 0 Å². The topological polar surface area (TPSA) is 38.5 Å². The van der Waals surface area contributed by atoms with Crippen LogP contribution in [0.25, 0.3) is 0 Å². The Kier molecular flexibility index (Phi) is 4.64. The lowest BCUT2D eigenvalue weighted by atomic mass is 9.98. The number of methoxy groups -OCH3 is 1. The van der Waals surface area contributed by atoms with Crippen molar-refractivity contribution in [3.63, 3.8) is 0 Å². The normalized spacial score (nSPS) is 36.9. The Bertz CT molecular complexity index is 166. The third kappa shape index (κ3) is 2.40. The first kappa shape index (κ1) is 12.2. The van der Waals surface area contributed by atoms with Crippen molar-refractivity contribution in [3.8, 4) is 0 Å². The van der Waals surface area contributed by atoms with Crippen LogP contribution in [0.15, 0.2) is 0 Å². The number of halogens is 1. The minimum absolute atomic E-state index is 0. The molecule has 2 N–H and O–H groups in total. The van der Waals surface area contributed by atoms with Gasteiger partial charge in [-0.2, -0.15) is 0 Å². The molecule has 2 fully saturated rings. The predicted molar refractivity (Wildman–Crippen MR) is 59.8 cm³/mol. The van der Waals surface area contributed by atoms with Crippen molar-refractivity contribution in [2.75, 3.05) is 20.3 Å². The lowest BCUT2D eigenvalue weighted by Gasteiger charge is -2.37. The van der Waals surface area contributed by atoms with Crippen LogP contribution in [0, 0.1) is 0 Å². The average molecular weight is 221 g/mol. The van der Waals surface area contributed by atoms with E-state index in [0.29, 0.717) is 6.04 Å². The van der Waals surface area contributed by atoms with Crippen molar-refractivity contribution < 1.29 is 4.74 Å². The molecule has 2 saturated heterocycles. The van der Waals surface area contributed by atoms with Crippen LogP contribution in [0.5, 0.6) is 0 Å². The van der Waals surface area contributed by atoms with E-state index in [1.807, 2.05) is 0 Å². The van der Waals surface area contributed by atoms with Gasteiger partial charge in [0.05, 0.1) is 6.61 Å². The van der Waals surface area contributed by atoms with Gasteiger partial charge in [0.1, 0.15) is 0 Å². The smallest absolute Gasteiger partial charge is 0.0589 e. The fraction of sp³-hybridized carbons (Fsp3) is 1.00. The number of hydrogen-bond acceptors (Lipinski definition) is 3. The Hall–Kier alpha value is 0.170. The molecule has 0 aromatic rings. The summed E-state index contributed by atoms with van der Waals surface area (Å²) in [7, 11) is 1.78. The molecule has 0 aliphatic carbocycles. The van der Waals surface area contributed by atoms with Gasteiger partial charge in [-0.05, 0) is 25.7 Å². The molecule has 2 bridgehead atoms. The highest BCUT2D eigenvalue weighted by Crippen LogP contribution is 2.34. The Morgan fingerprint density at radius 3 is 2.36 bits per heavy atom. The zero-order chi connectivity index (χ0) is 9.26. The number of rotatable bonds is 3. The van der Waals surface area contributed by atoms with E-state index in [1.54, 1.807) is 7.11 Å². The zero-order valence-electron chi connectivity index (χ0n) is 8.82. The fourth-order valence-electron chi connectivity index (χ4n) is 2.88. The first-order chi connectivity index (χ1) is 6.31. The van der Waals surface area contributed by atoms with Gasteiger partial charge in [-0.1, -0.05) is 0 Å². The Balaban J connectivity index is 0.000000980. The van der Waals surface area contributed by atoms with E-state index in [9.17, 15) is 0 Å². The third-order valence-electron chi connectivity index (χ3n) is 3.47. The highest BCUT2D eigenvalue weighted by atomic mass is 35.5. The molecule has 2 aliphatic rings. The van der Waals surface area contributed by atoms with E-state index >= 15 is 0 Å². The predicted octanol–water partition coefficient (Wildman–Crippen LogP) is 1.01. The first-order valence-electron chi connectivity index (χ1n) is 5.31. The molecule has 3 atom stereocenters. The number of fused-ring (bicyclic) bond motifs is 2. The standard InChI is InChI=1S/C10H20N2O.ClH/c1-13-5-4-12-9-2-3-10(12)7-8(11)6-9;/h8-10H,2-7,11H2,1H3;1H/t8?,9-,10+;. The van der Waals surface area contributed by atoms with Gasteiger partial charge in [-0.3, -0.25) is 4.90 Å². The van der Waals surface area contributed by atoms with E-state index in [-0.39, 0.29) is 12.4 Å². The van der Waals surface area contributed by atoms with E-state index in [1.165, 1.54) is 25.7 Å². The second-order valence-corrected chi connectivity index (χ2v) is 4.35. The van der Waals surface area contributed by atoms with E-state index in [4.69, 9.17) is 10.5 Å². The lowest BCUT2D eigenvalue weighted by Crippen LogP contribution is -2.48. The lowest BCUT2D eigenvalue weighted by molar-refractivity contribution is 0.0839. The summed E-state index contributed by atoms with van der Waals surface area (Å²) in [6.07, 6.45) is 5.09. The summed E-state index contributed by atoms with van der Waals surface area (Å²) in [5.41, 5.74) is 5.99. The van der Waals surface area contributed by atoms with Gasteiger partial charge in [-0.25, -0.2) is 0 Å². The molecule has 0 radical (unpaired) electrons. The maximum Gasteiger partial charge on any atom is 0.0589 e. The Morgan fingerprint density at radius 1 is 1.29 bits per heavy atom. The molecule has 4 heteroatoms. The van der Waals surface area contributed by atoms with E-state index in [0.717, 1.165) is 25.2 Å². The number of ether oxygens (including phenoxy) is 1. The second-order valence-electron chi connectivity index (χ2n) is 4.35. The summed E-state index contributed by atoms with van der Waals surface area (Å²) in [4.78, 5) is 2.60. The van der Waals surface area contributed by atoms with Crippen molar-refractivity contribution in [1.29, 1.82) is 0 Å². The second kappa shape index (κ2) is 5.31. The van der Waals surface area contributed by atoms with Crippen LogP contribution in [-0.2, 0) is 4.74 Å². The molecule has 3 nitrogen and oxygen atoms in total. The maximum atomic E-state index is 5.99. The van der Waals surface area contributed by atoms with Gasteiger partial charge in [-0.15, -0.1) is 12.4 Å². The maximum absolute atomic E-state index is 5.99. The van der Waals surface area contributed by atoms with Gasteiger partial charge < -0.3 is 10.5 Å². The molecule has 0 saturated carbocycles. The molecule has 2 aliphatic heterocycles. The fourth-order valence-corrected chi connectivity index (χ4v) is 2.88. The number of piperidine rings is 1. The van der Waals surface area contributed by atoms with Crippen molar-refractivity contribution in [2.24, 2.45) is 5.73 Å². The molecule has 0 aromatic carbocycles. The summed E-state index contributed by atoms with van der Waals surface area (Å²) in [5, 5.41) is 0. The monoisotopic (exact) mass is 220 g/mol. The van der Waals surface area contributed by atoms with Crippen molar-refractivity contribution in [1.82, 2.24) is 4.90 Å². The van der Waals surface area contributed by atoms with E-state index in [2.05, 4.69) is 4.90 Å². The molecule has 0 spiro atoms. The largest absolute Gasteiger partial charge is 0.383 e. The highest BCUT2D eigenvalue weighted by molar-refractivity contribution is 5.85. The summed E-state index contributed by atoms with van der Waals surface area (Å²) in [6, 6.07) is 1.96. The van der Waals surface area contributed by atoms with E-state index < -0.39 is 0 Å². The minimum atomic E-state index is 0. The third-order valence-corrected chi connectivity index (χ3v) is 3.47. The van der Waals surface area contributed by atoms with Crippen LogP contribution in [0.4, 0.5) is 0 Å². The van der Waals surface area contributed by atoms with Crippen molar-refractivity contribution in [2.45, 2.75) is 43.8 Å². The van der Waals surface area contributed by atoms with Crippen LogP contribution >= 0.6 is 12.4 Å². The molecule has 0 aromatic heterocycles. The zero-order valence-corrected chi connectivity index (χ0v) is 9.63. The molecule has 1 unspecified atom stereocenters. The SMILES string of the molecule is COCCN1[C@@H]2CC[C@H]1CC(N)C2.Cl. The quantitative estimate of drug-likeness (QED) is 0.772. The molecule has 14 heavy (non-hydrogen) atoms. The number of nitrogens with zero attached hydrogens (tertiary/aromatic N) is 1. The summed E-state index contributed by atoms with van der Waals surface area (Å²) >= 11 is 0. The van der Waals surface area contributed by atoms with Crippen LogP contribution in [0.3, 0.4) is 0 Å². The molecule has 0 amide bonds. The van der Waals surface area contributed by atoms with Crippen LogP contribution in [0.1, 0.15) is 25.7 Å². The first-order valence-corrected chi connectivity index (χ1v) is 5.31. The molecular formula is C10H21ClN2O. The van der Waals surface area contributed by atoms with Gasteiger partial charge in [0.25, 0.3) is 0 Å². The number of nitrogens with two attached hydrogens (primary N) is 1. The minimum Gasteiger partial charge on any atom is -0.383 e. The summed E-state index contributed by atoms with van der Waals surface area (Å²) in [5.74, 6) is 0. The number of hydrogen-bond donors (Lipinski definition) is 1. The molecule has 2 heterocycles. The van der Waals surface area contributed by atoms with Crippen molar-refractivity contribution in [3.05, 3.63) is 0 Å². The van der Waals surface area contributed by atoms with Crippen molar-refractivity contribution >= 4 is 12.4 Å². The summed E-state index contributed by atoms with van der Waals surface area (Å²) < 4.78 is 5.12.